The van der Waals surface area contributed by atoms with Gasteiger partial charge in [0.05, 0.1) is 36.6 Å². The topological polar surface area (TPSA) is 84.9 Å². The molecule has 41 heavy (non-hydrogen) atoms. The Morgan fingerprint density at radius 2 is 1.73 bits per heavy atom. The van der Waals surface area contributed by atoms with E-state index in [1.807, 2.05) is 77.2 Å². The normalized spacial score (nSPS) is 23.5. The summed E-state index contributed by atoms with van der Waals surface area (Å²) in [5, 5.41) is 4.91. The van der Waals surface area contributed by atoms with Gasteiger partial charge in [-0.3, -0.25) is 14.4 Å². The molecule has 1 fully saturated rings. The van der Waals surface area contributed by atoms with Crippen molar-refractivity contribution in [2.75, 3.05) is 19.5 Å². The third kappa shape index (κ3) is 3.47. The molecular formula is C33H26N2O5S. The summed E-state index contributed by atoms with van der Waals surface area (Å²) in [6, 6.07) is 22.3. The van der Waals surface area contributed by atoms with Crippen LogP contribution in [0.4, 0.5) is 5.69 Å². The lowest BCUT2D eigenvalue weighted by Crippen LogP contribution is -2.49. The lowest BCUT2D eigenvalue weighted by Gasteiger charge is -2.38. The minimum atomic E-state index is -1.37. The number of hydrogen-bond acceptors (Lipinski definition) is 7. The molecule has 4 heterocycles. The van der Waals surface area contributed by atoms with Crippen LogP contribution < -0.4 is 14.8 Å². The first kappa shape index (κ1) is 25.3. The largest absolute Gasteiger partial charge is 0.497 e. The molecule has 1 spiro atoms. The van der Waals surface area contributed by atoms with Crippen LogP contribution in [0.15, 0.2) is 90.4 Å². The van der Waals surface area contributed by atoms with Gasteiger partial charge in [-0.1, -0.05) is 48.5 Å². The molecule has 3 aromatic carbocycles. The maximum Gasteiger partial charge on any atom is 0.238 e. The molecule has 0 saturated carbocycles. The summed E-state index contributed by atoms with van der Waals surface area (Å²) < 4.78 is 11.1. The summed E-state index contributed by atoms with van der Waals surface area (Å²) in [6.45, 7) is 0. The van der Waals surface area contributed by atoms with Gasteiger partial charge in [0.2, 0.25) is 5.91 Å². The number of Topliss-reactive ketones (excluding diaryl/α,β-unsaturated/α-hetero) is 2. The van der Waals surface area contributed by atoms with Crippen molar-refractivity contribution in [3.05, 3.63) is 118 Å². The molecular weight excluding hydrogens is 536 g/mol. The van der Waals surface area contributed by atoms with Crippen molar-refractivity contribution in [2.24, 2.45) is 5.92 Å². The third-order valence-electron chi connectivity index (χ3n) is 8.56. The van der Waals surface area contributed by atoms with Crippen LogP contribution in [0.25, 0.3) is 6.08 Å². The van der Waals surface area contributed by atoms with Gasteiger partial charge in [-0.15, -0.1) is 11.3 Å². The van der Waals surface area contributed by atoms with Crippen LogP contribution >= 0.6 is 11.3 Å². The second kappa shape index (κ2) is 9.45. The zero-order chi connectivity index (χ0) is 28.3. The Morgan fingerprint density at radius 1 is 0.927 bits per heavy atom. The van der Waals surface area contributed by atoms with Gasteiger partial charge in [0.25, 0.3) is 0 Å². The van der Waals surface area contributed by atoms with E-state index in [0.717, 1.165) is 11.1 Å². The first-order valence-electron chi connectivity index (χ1n) is 13.3. The molecule has 1 aromatic heterocycles. The molecule has 3 aliphatic heterocycles. The Hall–Kier alpha value is -4.69. The predicted molar refractivity (Wildman–Crippen MR) is 157 cm³/mol. The Balaban J connectivity index is 1.54. The molecule has 4 aromatic rings. The number of nitrogens with one attached hydrogen (secondary N) is 1. The van der Waals surface area contributed by atoms with Crippen LogP contribution in [0.3, 0.4) is 0 Å². The SMILES string of the molecule is COc1ccc(OC)c(C(=O)[C@@H]2[C@H](C(=O)c3cccs3)[C@@]3(C(=O)Nc4ccccc43)[C@@H]3c4ccccc4C=CN23)c1. The van der Waals surface area contributed by atoms with Gasteiger partial charge >= 0.3 is 0 Å². The molecule has 204 valence electrons. The molecule has 8 heteroatoms. The van der Waals surface area contributed by atoms with Crippen molar-refractivity contribution >= 4 is 40.6 Å². The zero-order valence-corrected chi connectivity index (χ0v) is 23.2. The molecule has 1 N–H and O–H groups in total. The molecule has 0 aliphatic carbocycles. The highest BCUT2D eigenvalue weighted by Gasteiger charge is 2.71. The lowest BCUT2D eigenvalue weighted by molar-refractivity contribution is -0.122. The van der Waals surface area contributed by atoms with Gasteiger partial charge in [0.1, 0.15) is 23.0 Å². The smallest absolute Gasteiger partial charge is 0.238 e. The van der Waals surface area contributed by atoms with Crippen molar-refractivity contribution in [3.8, 4) is 11.5 Å². The fourth-order valence-electron chi connectivity index (χ4n) is 6.91. The van der Waals surface area contributed by atoms with Gasteiger partial charge in [-0.2, -0.15) is 0 Å². The van der Waals surface area contributed by atoms with Crippen LogP contribution in [-0.4, -0.2) is 42.6 Å². The van der Waals surface area contributed by atoms with E-state index in [0.29, 0.717) is 27.6 Å². The van der Waals surface area contributed by atoms with Crippen LogP contribution in [0.2, 0.25) is 0 Å². The van der Waals surface area contributed by atoms with Gasteiger partial charge < -0.3 is 19.7 Å². The van der Waals surface area contributed by atoms with Gasteiger partial charge in [0.15, 0.2) is 11.6 Å². The Bertz CT molecular complexity index is 1750. The zero-order valence-electron chi connectivity index (χ0n) is 22.4. The molecule has 0 unspecified atom stereocenters. The summed E-state index contributed by atoms with van der Waals surface area (Å²) in [5.41, 5.74) is 2.12. The molecule has 1 saturated heterocycles. The van der Waals surface area contributed by atoms with Crippen LogP contribution in [-0.2, 0) is 10.2 Å². The Morgan fingerprint density at radius 3 is 2.51 bits per heavy atom. The number of carbonyl (C=O) groups excluding carboxylic acids is 3. The monoisotopic (exact) mass is 562 g/mol. The molecule has 4 atom stereocenters. The summed E-state index contributed by atoms with van der Waals surface area (Å²) in [5.74, 6) is -1.03. The lowest BCUT2D eigenvalue weighted by atomic mass is 9.63. The van der Waals surface area contributed by atoms with Crippen molar-refractivity contribution in [1.29, 1.82) is 0 Å². The van der Waals surface area contributed by atoms with Crippen molar-refractivity contribution in [3.63, 3.8) is 0 Å². The number of benzene rings is 3. The quantitative estimate of drug-likeness (QED) is 0.302. The highest BCUT2D eigenvalue weighted by Crippen LogP contribution is 2.62. The van der Waals surface area contributed by atoms with Crippen LogP contribution in [0, 0.1) is 5.92 Å². The second-order valence-electron chi connectivity index (χ2n) is 10.4. The first-order chi connectivity index (χ1) is 20.0. The second-order valence-corrected chi connectivity index (χ2v) is 11.3. The number of para-hydroxylation sites is 1. The average molecular weight is 563 g/mol. The fraction of sp³-hybridized carbons (Fsp3) is 0.182. The van der Waals surface area contributed by atoms with Crippen LogP contribution in [0.5, 0.6) is 11.5 Å². The Kier molecular flexibility index (Phi) is 5.83. The number of carbonyl (C=O) groups is 3. The highest BCUT2D eigenvalue weighted by atomic mass is 32.1. The number of anilines is 1. The number of hydrogen-bond donors (Lipinski definition) is 1. The summed E-state index contributed by atoms with van der Waals surface area (Å²) in [4.78, 5) is 46.4. The summed E-state index contributed by atoms with van der Waals surface area (Å²) in [6.07, 6.45) is 3.80. The van der Waals surface area contributed by atoms with E-state index in [1.165, 1.54) is 25.6 Å². The molecule has 7 rings (SSSR count). The van der Waals surface area contributed by atoms with Crippen molar-refractivity contribution in [2.45, 2.75) is 17.5 Å². The van der Waals surface area contributed by atoms with E-state index in [-0.39, 0.29) is 23.0 Å². The maximum absolute atomic E-state index is 14.8. The van der Waals surface area contributed by atoms with Crippen molar-refractivity contribution < 1.29 is 23.9 Å². The molecule has 7 nitrogen and oxygen atoms in total. The number of methoxy groups -OCH3 is 2. The van der Waals surface area contributed by atoms with E-state index in [9.17, 15) is 14.4 Å². The number of fused-ring (bicyclic) bond motifs is 6. The van der Waals surface area contributed by atoms with E-state index in [1.54, 1.807) is 24.3 Å². The highest BCUT2D eigenvalue weighted by molar-refractivity contribution is 7.12. The summed E-state index contributed by atoms with van der Waals surface area (Å²) >= 11 is 1.31. The Labute approximate surface area is 241 Å². The molecule has 1 amide bonds. The average Bonchev–Trinajstić information content (AvgIpc) is 3.73. The van der Waals surface area contributed by atoms with E-state index in [4.69, 9.17) is 9.47 Å². The minimum absolute atomic E-state index is 0.243. The van der Waals surface area contributed by atoms with Gasteiger partial charge in [0, 0.05) is 11.9 Å². The van der Waals surface area contributed by atoms with E-state index >= 15 is 0 Å². The molecule has 3 aliphatic rings. The number of amides is 1. The minimum Gasteiger partial charge on any atom is -0.497 e. The predicted octanol–water partition coefficient (Wildman–Crippen LogP) is 5.75. The third-order valence-corrected chi connectivity index (χ3v) is 9.44. The molecule has 0 radical (unpaired) electrons. The van der Waals surface area contributed by atoms with E-state index in [2.05, 4.69) is 5.32 Å². The van der Waals surface area contributed by atoms with E-state index < -0.39 is 23.4 Å². The first-order valence-corrected chi connectivity index (χ1v) is 14.2. The number of thiophene rings is 1. The van der Waals surface area contributed by atoms with Crippen LogP contribution in [0.1, 0.15) is 42.8 Å². The maximum atomic E-state index is 14.8. The number of nitrogens with zero attached hydrogens (tertiary/aromatic N) is 1. The number of ether oxygens (including phenoxy) is 2. The van der Waals surface area contributed by atoms with Gasteiger partial charge in [-0.05, 0) is 58.5 Å². The summed E-state index contributed by atoms with van der Waals surface area (Å²) in [7, 11) is 3.04. The van der Waals surface area contributed by atoms with Crippen molar-refractivity contribution in [1.82, 2.24) is 4.90 Å². The number of ketones is 2. The number of rotatable bonds is 6. The standard InChI is InChI=1S/C33H26N2O5S/c1-39-20-13-14-25(40-2)22(18-20)29(36)28-27(30(37)26-12-7-17-41-26)33(23-10-5-6-11-24(23)34-32(33)38)31-21-9-4-3-8-19(21)15-16-35(28)31/h3-18,27-28,31H,1-2H3,(H,34,38)/t27-,28+,31+,33-/m1/s1. The fourth-order valence-corrected chi connectivity index (χ4v) is 7.61. The van der Waals surface area contributed by atoms with Gasteiger partial charge in [-0.25, -0.2) is 0 Å². The molecule has 0 bridgehead atoms.